The van der Waals surface area contributed by atoms with Crippen LogP contribution >= 0.6 is 0 Å². The van der Waals surface area contributed by atoms with Gasteiger partial charge in [0.1, 0.15) is 5.75 Å². The van der Waals surface area contributed by atoms with Crippen LogP contribution in [0.1, 0.15) is 68.1 Å². The fourth-order valence-corrected chi connectivity index (χ4v) is 4.55. The number of fused-ring (bicyclic) bond motifs is 1. The molecule has 29 heavy (non-hydrogen) atoms. The number of carbonyl (C=O) groups excluding carboxylic acids is 3. The molecule has 0 radical (unpaired) electrons. The molecule has 7 nitrogen and oxygen atoms in total. The molecule has 0 aromatic heterocycles. The van der Waals surface area contributed by atoms with Crippen molar-refractivity contribution in [2.24, 2.45) is 0 Å². The van der Waals surface area contributed by atoms with Gasteiger partial charge in [-0.1, -0.05) is 37.8 Å². The molecular formula is C22H29N3O4. The van der Waals surface area contributed by atoms with Crippen molar-refractivity contribution in [3.05, 3.63) is 29.8 Å². The summed E-state index contributed by atoms with van der Waals surface area (Å²) in [5, 5.41) is 6.06. The van der Waals surface area contributed by atoms with Gasteiger partial charge in [-0.3, -0.25) is 14.4 Å². The quantitative estimate of drug-likeness (QED) is 0.764. The highest BCUT2D eigenvalue weighted by Crippen LogP contribution is 2.33. The molecule has 7 heteroatoms. The lowest BCUT2D eigenvalue weighted by Crippen LogP contribution is -2.56. The summed E-state index contributed by atoms with van der Waals surface area (Å²) in [6.07, 6.45) is 7.87. The maximum Gasteiger partial charge on any atom is 0.258 e. The Balaban J connectivity index is 1.38. The van der Waals surface area contributed by atoms with E-state index in [4.69, 9.17) is 4.74 Å². The van der Waals surface area contributed by atoms with Crippen molar-refractivity contribution in [2.75, 3.05) is 13.1 Å². The SMILES string of the molecule is O=C(CN1CCC2(CCC1=O)NC(=O)c1ccccc1O2)NC1CCCCCC1. The van der Waals surface area contributed by atoms with Crippen LogP contribution in [0.25, 0.3) is 0 Å². The van der Waals surface area contributed by atoms with Crippen LogP contribution in [-0.2, 0) is 9.59 Å². The van der Waals surface area contributed by atoms with Crippen LogP contribution in [0.5, 0.6) is 5.75 Å². The molecule has 1 saturated carbocycles. The van der Waals surface area contributed by atoms with E-state index in [1.54, 1.807) is 23.1 Å². The highest BCUT2D eigenvalue weighted by molar-refractivity contribution is 5.98. The van der Waals surface area contributed by atoms with Gasteiger partial charge in [-0.25, -0.2) is 0 Å². The summed E-state index contributed by atoms with van der Waals surface area (Å²) in [6, 6.07) is 7.35. The summed E-state index contributed by atoms with van der Waals surface area (Å²) >= 11 is 0. The Labute approximate surface area is 171 Å². The Kier molecular flexibility index (Phi) is 5.74. The van der Waals surface area contributed by atoms with E-state index in [1.165, 1.54) is 12.8 Å². The Morgan fingerprint density at radius 2 is 1.90 bits per heavy atom. The number of benzene rings is 1. The predicted octanol–water partition coefficient (Wildman–Crippen LogP) is 2.36. The maximum absolute atomic E-state index is 12.6. The first-order valence-electron chi connectivity index (χ1n) is 10.7. The van der Waals surface area contributed by atoms with E-state index < -0.39 is 5.72 Å². The Bertz CT molecular complexity index is 788. The number of likely N-dealkylation sites (tertiary alicyclic amines) is 1. The summed E-state index contributed by atoms with van der Waals surface area (Å²) in [6.45, 7) is 0.440. The van der Waals surface area contributed by atoms with E-state index in [1.807, 2.05) is 6.07 Å². The molecule has 4 rings (SSSR count). The van der Waals surface area contributed by atoms with Crippen LogP contribution in [0.3, 0.4) is 0 Å². The van der Waals surface area contributed by atoms with E-state index in [0.29, 0.717) is 30.7 Å². The minimum atomic E-state index is -0.895. The molecule has 3 amide bonds. The number of nitrogens with one attached hydrogen (secondary N) is 2. The monoisotopic (exact) mass is 399 g/mol. The van der Waals surface area contributed by atoms with Gasteiger partial charge in [0.15, 0.2) is 5.72 Å². The van der Waals surface area contributed by atoms with E-state index in [0.717, 1.165) is 25.7 Å². The molecule has 1 aromatic rings. The summed E-state index contributed by atoms with van der Waals surface area (Å²) in [7, 11) is 0. The van der Waals surface area contributed by atoms with Crippen LogP contribution in [-0.4, -0.2) is 47.5 Å². The highest BCUT2D eigenvalue weighted by Gasteiger charge is 2.42. The number of ether oxygens (including phenoxy) is 1. The van der Waals surface area contributed by atoms with Crippen molar-refractivity contribution in [1.82, 2.24) is 15.5 Å². The van der Waals surface area contributed by atoms with Gasteiger partial charge in [-0.2, -0.15) is 0 Å². The number of para-hydroxylation sites is 1. The number of nitrogens with zero attached hydrogens (tertiary/aromatic N) is 1. The lowest BCUT2D eigenvalue weighted by molar-refractivity contribution is -0.135. The normalized spacial score (nSPS) is 25.4. The number of rotatable bonds is 3. The third-order valence-corrected chi connectivity index (χ3v) is 6.21. The van der Waals surface area contributed by atoms with Crippen molar-refractivity contribution in [1.29, 1.82) is 0 Å². The zero-order chi connectivity index (χ0) is 20.3. The highest BCUT2D eigenvalue weighted by atomic mass is 16.5. The number of carbonyl (C=O) groups is 3. The van der Waals surface area contributed by atoms with Gasteiger partial charge in [0, 0.05) is 31.8 Å². The molecule has 0 bridgehead atoms. The molecule has 3 aliphatic rings. The zero-order valence-corrected chi connectivity index (χ0v) is 16.7. The average Bonchev–Trinajstić information content (AvgIpc) is 3.04. The summed E-state index contributed by atoms with van der Waals surface area (Å²) in [4.78, 5) is 39.3. The largest absolute Gasteiger partial charge is 0.467 e. The molecule has 1 aromatic carbocycles. The van der Waals surface area contributed by atoms with Crippen molar-refractivity contribution < 1.29 is 19.1 Å². The van der Waals surface area contributed by atoms with Crippen LogP contribution in [0.2, 0.25) is 0 Å². The summed E-state index contributed by atoms with van der Waals surface area (Å²) in [5.41, 5.74) is -0.388. The summed E-state index contributed by atoms with van der Waals surface area (Å²) in [5.74, 6) is 0.192. The van der Waals surface area contributed by atoms with E-state index in [-0.39, 0.29) is 36.7 Å². The molecule has 2 N–H and O–H groups in total. The molecule has 1 aliphatic carbocycles. The fraction of sp³-hybridized carbons (Fsp3) is 0.591. The van der Waals surface area contributed by atoms with Gasteiger partial charge < -0.3 is 20.3 Å². The van der Waals surface area contributed by atoms with Gasteiger partial charge >= 0.3 is 0 Å². The molecule has 2 heterocycles. The second kappa shape index (κ2) is 8.43. The lowest BCUT2D eigenvalue weighted by Gasteiger charge is -2.38. The van der Waals surface area contributed by atoms with E-state index in [9.17, 15) is 14.4 Å². The fourth-order valence-electron chi connectivity index (χ4n) is 4.55. The van der Waals surface area contributed by atoms with Crippen molar-refractivity contribution in [3.8, 4) is 5.75 Å². The topological polar surface area (TPSA) is 87.7 Å². The number of hydrogen-bond acceptors (Lipinski definition) is 4. The first-order chi connectivity index (χ1) is 14.0. The molecule has 1 saturated heterocycles. The Morgan fingerprint density at radius 1 is 1.14 bits per heavy atom. The first-order valence-corrected chi connectivity index (χ1v) is 10.7. The molecule has 2 aliphatic heterocycles. The second-order valence-electron chi connectivity index (χ2n) is 8.37. The van der Waals surface area contributed by atoms with Crippen molar-refractivity contribution in [3.63, 3.8) is 0 Å². The smallest absolute Gasteiger partial charge is 0.258 e. The third kappa shape index (κ3) is 4.54. The van der Waals surface area contributed by atoms with E-state index >= 15 is 0 Å². The first kappa shape index (κ1) is 19.7. The van der Waals surface area contributed by atoms with Gasteiger partial charge in [0.25, 0.3) is 5.91 Å². The molecular weight excluding hydrogens is 370 g/mol. The second-order valence-corrected chi connectivity index (χ2v) is 8.37. The van der Waals surface area contributed by atoms with Crippen molar-refractivity contribution in [2.45, 2.75) is 69.6 Å². The Morgan fingerprint density at radius 3 is 2.69 bits per heavy atom. The van der Waals surface area contributed by atoms with Crippen LogP contribution in [0.4, 0.5) is 0 Å². The molecule has 2 fully saturated rings. The Hall–Kier alpha value is -2.57. The van der Waals surface area contributed by atoms with Gasteiger partial charge in [-0.05, 0) is 25.0 Å². The van der Waals surface area contributed by atoms with Crippen LogP contribution in [0.15, 0.2) is 24.3 Å². The van der Waals surface area contributed by atoms with Gasteiger partial charge in [0.2, 0.25) is 11.8 Å². The van der Waals surface area contributed by atoms with Crippen LogP contribution in [0, 0.1) is 0 Å². The summed E-state index contributed by atoms with van der Waals surface area (Å²) < 4.78 is 6.14. The minimum absolute atomic E-state index is 0.0654. The predicted molar refractivity (Wildman–Crippen MR) is 107 cm³/mol. The standard InChI is InChI=1S/C22H29N3O4/c26-19(23-16-7-3-1-2-4-8-16)15-25-14-13-22(12-11-20(25)27)24-21(28)17-9-5-6-10-18(17)29-22/h5-6,9-10,16H,1-4,7-8,11-15H2,(H,23,26)(H,24,28). The average molecular weight is 399 g/mol. The lowest BCUT2D eigenvalue weighted by atomic mass is 10.0. The minimum Gasteiger partial charge on any atom is -0.467 e. The number of amides is 3. The molecule has 1 atom stereocenters. The third-order valence-electron chi connectivity index (χ3n) is 6.21. The van der Waals surface area contributed by atoms with Crippen LogP contribution < -0.4 is 15.4 Å². The van der Waals surface area contributed by atoms with E-state index in [2.05, 4.69) is 10.6 Å². The molecule has 1 spiro atoms. The molecule has 156 valence electrons. The maximum atomic E-state index is 12.6. The van der Waals surface area contributed by atoms with Gasteiger partial charge in [0.05, 0.1) is 12.1 Å². The van der Waals surface area contributed by atoms with Gasteiger partial charge in [-0.15, -0.1) is 0 Å². The number of hydrogen-bond donors (Lipinski definition) is 2. The molecule has 1 unspecified atom stereocenters. The van der Waals surface area contributed by atoms with Crippen molar-refractivity contribution >= 4 is 17.7 Å². The zero-order valence-electron chi connectivity index (χ0n) is 16.7.